The van der Waals surface area contributed by atoms with E-state index >= 15 is 0 Å². The van der Waals surface area contributed by atoms with Crippen molar-refractivity contribution in [3.05, 3.63) is 28.7 Å². The van der Waals surface area contributed by atoms with Crippen LogP contribution in [-0.2, 0) is 9.59 Å². The number of nitrogens with zero attached hydrogens (tertiary/aromatic N) is 1. The molecule has 5 nitrogen and oxygen atoms in total. The third-order valence-electron chi connectivity index (χ3n) is 2.54. The first-order valence-electron chi connectivity index (χ1n) is 5.93. The van der Waals surface area contributed by atoms with Gasteiger partial charge in [0.05, 0.1) is 6.42 Å². The second kappa shape index (κ2) is 7.91. The Hall–Kier alpha value is -1.40. The number of benzene rings is 1. The summed E-state index contributed by atoms with van der Waals surface area (Å²) in [5.41, 5.74) is 0.743. The zero-order valence-electron chi connectivity index (χ0n) is 10.7. The van der Waals surface area contributed by atoms with Gasteiger partial charge in [0.1, 0.15) is 0 Å². The molecule has 0 aliphatic heterocycles. The molecule has 0 bridgehead atoms. The number of aliphatic carboxylic acids is 1. The van der Waals surface area contributed by atoms with Gasteiger partial charge in [0.15, 0.2) is 0 Å². The minimum atomic E-state index is -0.828. The number of amides is 1. The first-order chi connectivity index (χ1) is 8.97. The van der Waals surface area contributed by atoms with Crippen molar-refractivity contribution in [2.24, 2.45) is 0 Å². The van der Waals surface area contributed by atoms with Crippen LogP contribution in [0.5, 0.6) is 0 Å². The normalized spacial score (nSPS) is 10.5. The van der Waals surface area contributed by atoms with Gasteiger partial charge < -0.3 is 15.3 Å². The smallest absolute Gasteiger partial charge is 0.304 e. The number of carbonyl (C=O) groups is 2. The number of rotatable bonds is 7. The van der Waals surface area contributed by atoms with Gasteiger partial charge >= 0.3 is 5.97 Å². The Kier molecular flexibility index (Phi) is 6.52. The van der Waals surface area contributed by atoms with Crippen molar-refractivity contribution in [1.82, 2.24) is 4.90 Å². The van der Waals surface area contributed by atoms with Crippen LogP contribution in [0.2, 0.25) is 0 Å². The summed E-state index contributed by atoms with van der Waals surface area (Å²) < 4.78 is 0.906. The molecule has 19 heavy (non-hydrogen) atoms. The molecule has 0 aromatic heterocycles. The highest BCUT2D eigenvalue weighted by molar-refractivity contribution is 9.10. The molecule has 1 aromatic carbocycles. The lowest BCUT2D eigenvalue weighted by Gasteiger charge is -2.14. The second-order valence-electron chi connectivity index (χ2n) is 4.26. The van der Waals surface area contributed by atoms with E-state index in [4.69, 9.17) is 5.11 Å². The third kappa shape index (κ3) is 6.93. The van der Waals surface area contributed by atoms with Gasteiger partial charge in [0.25, 0.3) is 0 Å². The van der Waals surface area contributed by atoms with Gasteiger partial charge in [0, 0.05) is 29.7 Å². The summed E-state index contributed by atoms with van der Waals surface area (Å²) in [6.45, 7) is 0.979. The van der Waals surface area contributed by atoms with Crippen molar-refractivity contribution in [3.63, 3.8) is 0 Å². The third-order valence-corrected chi connectivity index (χ3v) is 3.03. The van der Waals surface area contributed by atoms with E-state index in [2.05, 4.69) is 21.2 Å². The Morgan fingerprint density at radius 1 is 1.32 bits per heavy atom. The van der Waals surface area contributed by atoms with Gasteiger partial charge in [-0.3, -0.25) is 9.59 Å². The van der Waals surface area contributed by atoms with Gasteiger partial charge in [-0.15, -0.1) is 0 Å². The summed E-state index contributed by atoms with van der Waals surface area (Å²) in [6, 6.07) is 7.37. The van der Waals surface area contributed by atoms with Gasteiger partial charge in [0.2, 0.25) is 5.91 Å². The van der Waals surface area contributed by atoms with Gasteiger partial charge in [-0.05, 0) is 25.2 Å². The van der Waals surface area contributed by atoms with Crippen LogP contribution >= 0.6 is 15.9 Å². The monoisotopic (exact) mass is 328 g/mol. The van der Waals surface area contributed by atoms with E-state index in [0.717, 1.165) is 10.2 Å². The Morgan fingerprint density at radius 3 is 2.63 bits per heavy atom. The molecule has 1 rings (SSSR count). The van der Waals surface area contributed by atoms with Crippen molar-refractivity contribution in [2.75, 3.05) is 25.5 Å². The molecule has 104 valence electrons. The van der Waals surface area contributed by atoms with Crippen LogP contribution in [0, 0.1) is 0 Å². The molecule has 1 aromatic rings. The summed E-state index contributed by atoms with van der Waals surface area (Å²) >= 11 is 3.33. The maximum Gasteiger partial charge on any atom is 0.304 e. The molecule has 0 atom stereocenters. The summed E-state index contributed by atoms with van der Waals surface area (Å²) in [6.07, 6.45) is 0.423. The number of carbonyl (C=O) groups excluding carboxylic acids is 1. The molecule has 0 spiro atoms. The first-order valence-corrected chi connectivity index (χ1v) is 6.72. The van der Waals surface area contributed by atoms with Crippen LogP contribution < -0.4 is 5.32 Å². The number of carboxylic acid groups (broad SMARTS) is 1. The Balaban J connectivity index is 2.30. The largest absolute Gasteiger partial charge is 0.481 e. The number of carboxylic acids is 1. The van der Waals surface area contributed by atoms with E-state index in [9.17, 15) is 9.59 Å². The molecule has 1 amide bonds. The van der Waals surface area contributed by atoms with Crippen LogP contribution in [0.4, 0.5) is 5.69 Å². The van der Waals surface area contributed by atoms with E-state index in [0.29, 0.717) is 19.5 Å². The maximum atomic E-state index is 11.7. The van der Waals surface area contributed by atoms with Crippen molar-refractivity contribution in [3.8, 4) is 0 Å². The molecule has 0 fully saturated rings. The number of hydrogen-bond acceptors (Lipinski definition) is 3. The summed E-state index contributed by atoms with van der Waals surface area (Å²) in [4.78, 5) is 23.9. The lowest BCUT2D eigenvalue weighted by atomic mass is 10.3. The first kappa shape index (κ1) is 15.7. The van der Waals surface area contributed by atoms with Crippen LogP contribution in [0.3, 0.4) is 0 Å². The molecule has 0 saturated heterocycles. The fourth-order valence-electron chi connectivity index (χ4n) is 1.48. The van der Waals surface area contributed by atoms with Crippen LogP contribution in [0.15, 0.2) is 28.7 Å². The zero-order chi connectivity index (χ0) is 14.3. The fourth-order valence-corrected chi connectivity index (χ4v) is 1.88. The van der Waals surface area contributed by atoms with Gasteiger partial charge in [-0.2, -0.15) is 0 Å². The Morgan fingerprint density at radius 2 is 2.00 bits per heavy atom. The number of hydrogen-bond donors (Lipinski definition) is 2. The predicted molar refractivity (Wildman–Crippen MR) is 77.1 cm³/mol. The highest BCUT2D eigenvalue weighted by Gasteiger charge is 2.06. The minimum Gasteiger partial charge on any atom is -0.481 e. The molecule has 2 N–H and O–H groups in total. The molecule has 0 aliphatic carbocycles. The maximum absolute atomic E-state index is 11.7. The van der Waals surface area contributed by atoms with E-state index in [1.54, 1.807) is 7.05 Å². The molecule has 0 heterocycles. The molecule has 0 unspecified atom stereocenters. The summed E-state index contributed by atoms with van der Waals surface area (Å²) in [5, 5.41) is 11.3. The Bertz CT molecular complexity index is 451. The van der Waals surface area contributed by atoms with Gasteiger partial charge in [-0.25, -0.2) is 0 Å². The van der Waals surface area contributed by atoms with Crippen molar-refractivity contribution >= 4 is 33.5 Å². The molecule has 0 radical (unpaired) electrons. The Labute approximate surface area is 120 Å². The standard InChI is InChI=1S/C13H17BrN2O3/c1-16(8-6-13(18)19)7-5-12(17)15-11-4-2-3-10(14)9-11/h2-4,9H,5-8H2,1H3,(H,15,17)(H,18,19). The second-order valence-corrected chi connectivity index (χ2v) is 5.17. The molecule has 0 saturated carbocycles. The van der Waals surface area contributed by atoms with Crippen molar-refractivity contribution in [2.45, 2.75) is 12.8 Å². The predicted octanol–water partition coefficient (Wildman–Crippen LogP) is 2.18. The average molecular weight is 329 g/mol. The van der Waals surface area contributed by atoms with Crippen LogP contribution in [0.1, 0.15) is 12.8 Å². The van der Waals surface area contributed by atoms with E-state index in [1.165, 1.54) is 0 Å². The summed E-state index contributed by atoms with van der Waals surface area (Å²) in [5.74, 6) is -0.911. The van der Waals surface area contributed by atoms with Crippen LogP contribution in [-0.4, -0.2) is 42.0 Å². The quantitative estimate of drug-likeness (QED) is 0.804. The highest BCUT2D eigenvalue weighted by Crippen LogP contribution is 2.15. The lowest BCUT2D eigenvalue weighted by Crippen LogP contribution is -2.26. The van der Waals surface area contributed by atoms with Crippen molar-refractivity contribution in [1.29, 1.82) is 0 Å². The number of anilines is 1. The topological polar surface area (TPSA) is 69.6 Å². The van der Waals surface area contributed by atoms with Gasteiger partial charge in [-0.1, -0.05) is 22.0 Å². The molecular weight excluding hydrogens is 312 g/mol. The van der Waals surface area contributed by atoms with E-state index in [-0.39, 0.29) is 12.3 Å². The number of halogens is 1. The van der Waals surface area contributed by atoms with E-state index < -0.39 is 5.97 Å². The average Bonchev–Trinajstić information content (AvgIpc) is 2.34. The summed E-state index contributed by atoms with van der Waals surface area (Å²) in [7, 11) is 1.80. The van der Waals surface area contributed by atoms with Crippen LogP contribution in [0.25, 0.3) is 0 Å². The fraction of sp³-hybridized carbons (Fsp3) is 0.385. The van der Waals surface area contributed by atoms with E-state index in [1.807, 2.05) is 29.2 Å². The SMILES string of the molecule is CN(CCC(=O)O)CCC(=O)Nc1cccc(Br)c1. The lowest BCUT2D eigenvalue weighted by molar-refractivity contribution is -0.137. The molecule has 0 aliphatic rings. The molecule has 6 heteroatoms. The zero-order valence-corrected chi connectivity index (χ0v) is 12.3. The minimum absolute atomic E-state index is 0.0831. The van der Waals surface area contributed by atoms with Crippen molar-refractivity contribution < 1.29 is 14.7 Å². The highest BCUT2D eigenvalue weighted by atomic mass is 79.9. The number of nitrogens with one attached hydrogen (secondary N) is 1. The molecular formula is C13H17BrN2O3.